The van der Waals surface area contributed by atoms with Gasteiger partial charge in [-0.15, -0.1) is 0 Å². The summed E-state index contributed by atoms with van der Waals surface area (Å²) in [7, 11) is 0. The van der Waals surface area contributed by atoms with E-state index in [1.54, 1.807) is 0 Å². The molecule has 1 saturated heterocycles. The van der Waals surface area contributed by atoms with Crippen molar-refractivity contribution in [2.24, 2.45) is 0 Å². The molecule has 1 atom stereocenters. The van der Waals surface area contributed by atoms with Crippen molar-refractivity contribution in [3.05, 3.63) is 28.2 Å². The first-order valence-electron chi connectivity index (χ1n) is 6.49. The molecule has 2 fully saturated rings. The minimum atomic E-state index is 0.0192. The molecule has 96 valence electrons. The van der Waals surface area contributed by atoms with E-state index in [9.17, 15) is 4.79 Å². The van der Waals surface area contributed by atoms with E-state index in [1.165, 1.54) is 18.4 Å². The molecule has 1 unspecified atom stereocenters. The van der Waals surface area contributed by atoms with Crippen molar-refractivity contribution in [1.29, 1.82) is 0 Å². The highest BCUT2D eigenvalue weighted by Crippen LogP contribution is 2.31. The summed E-state index contributed by atoms with van der Waals surface area (Å²) in [5.74, 6) is 0.214. The Labute approximate surface area is 116 Å². The smallest absolute Gasteiger partial charge is 0.244 e. The number of rotatable bonds is 3. The van der Waals surface area contributed by atoms with Crippen LogP contribution in [0.2, 0.25) is 0 Å². The maximum Gasteiger partial charge on any atom is 0.244 e. The highest BCUT2D eigenvalue weighted by atomic mass is 79.9. The van der Waals surface area contributed by atoms with Crippen molar-refractivity contribution in [2.75, 3.05) is 11.4 Å². The van der Waals surface area contributed by atoms with Gasteiger partial charge in [0.2, 0.25) is 5.91 Å². The van der Waals surface area contributed by atoms with Crippen molar-refractivity contribution < 1.29 is 4.79 Å². The van der Waals surface area contributed by atoms with Gasteiger partial charge in [0.05, 0.1) is 11.7 Å². The van der Waals surface area contributed by atoms with E-state index in [-0.39, 0.29) is 11.9 Å². The van der Waals surface area contributed by atoms with Crippen LogP contribution < -0.4 is 10.2 Å². The van der Waals surface area contributed by atoms with E-state index >= 15 is 0 Å². The Hall–Kier alpha value is -0.870. The van der Waals surface area contributed by atoms with Crippen LogP contribution in [0.4, 0.5) is 5.69 Å². The SMILES string of the molecule is Cc1ccc(N2CCC(NC3CC3)C2=O)c(Br)c1. The summed E-state index contributed by atoms with van der Waals surface area (Å²) in [5, 5.41) is 3.43. The number of aryl methyl sites for hydroxylation is 1. The molecule has 1 aromatic carbocycles. The zero-order valence-corrected chi connectivity index (χ0v) is 12.0. The molecule has 3 rings (SSSR count). The highest BCUT2D eigenvalue weighted by Gasteiger charge is 2.36. The number of hydrogen-bond acceptors (Lipinski definition) is 2. The highest BCUT2D eigenvalue weighted by molar-refractivity contribution is 9.10. The largest absolute Gasteiger partial charge is 0.310 e. The Balaban J connectivity index is 1.78. The first-order valence-corrected chi connectivity index (χ1v) is 7.28. The molecule has 1 aliphatic heterocycles. The van der Waals surface area contributed by atoms with Gasteiger partial charge in [-0.25, -0.2) is 0 Å². The summed E-state index contributed by atoms with van der Waals surface area (Å²) in [5.41, 5.74) is 2.19. The summed E-state index contributed by atoms with van der Waals surface area (Å²) in [6.45, 7) is 2.86. The normalized spacial score (nSPS) is 23.8. The van der Waals surface area contributed by atoms with Crippen LogP contribution in [0.3, 0.4) is 0 Å². The molecule has 0 radical (unpaired) electrons. The zero-order valence-electron chi connectivity index (χ0n) is 10.4. The first-order chi connectivity index (χ1) is 8.65. The Morgan fingerprint density at radius 1 is 1.33 bits per heavy atom. The maximum atomic E-state index is 12.3. The summed E-state index contributed by atoms with van der Waals surface area (Å²) >= 11 is 3.55. The minimum Gasteiger partial charge on any atom is -0.310 e. The number of nitrogens with zero attached hydrogens (tertiary/aromatic N) is 1. The van der Waals surface area contributed by atoms with Crippen LogP contribution in [-0.4, -0.2) is 24.5 Å². The predicted octanol–water partition coefficient (Wildman–Crippen LogP) is 2.61. The van der Waals surface area contributed by atoms with E-state index < -0.39 is 0 Å². The van der Waals surface area contributed by atoms with Crippen LogP contribution in [0.1, 0.15) is 24.8 Å². The van der Waals surface area contributed by atoms with Gasteiger partial charge in [0.15, 0.2) is 0 Å². The lowest BCUT2D eigenvalue weighted by Crippen LogP contribution is -2.39. The Bertz CT molecular complexity index is 485. The monoisotopic (exact) mass is 308 g/mol. The fraction of sp³-hybridized carbons (Fsp3) is 0.500. The van der Waals surface area contributed by atoms with Crippen LogP contribution in [0.5, 0.6) is 0 Å². The first kappa shape index (κ1) is 12.2. The molecule has 1 heterocycles. The van der Waals surface area contributed by atoms with Gasteiger partial charge < -0.3 is 10.2 Å². The van der Waals surface area contributed by atoms with E-state index in [2.05, 4.69) is 40.3 Å². The van der Waals surface area contributed by atoms with Gasteiger partial charge in [-0.05, 0) is 59.8 Å². The second-order valence-electron chi connectivity index (χ2n) is 5.23. The lowest BCUT2D eigenvalue weighted by molar-refractivity contribution is -0.118. The van der Waals surface area contributed by atoms with Crippen molar-refractivity contribution in [3.63, 3.8) is 0 Å². The minimum absolute atomic E-state index is 0.0192. The molecule has 4 heteroatoms. The van der Waals surface area contributed by atoms with Gasteiger partial charge in [0.25, 0.3) is 0 Å². The molecule has 0 spiro atoms. The Morgan fingerprint density at radius 2 is 2.11 bits per heavy atom. The van der Waals surface area contributed by atoms with Crippen LogP contribution in [0.25, 0.3) is 0 Å². The lowest BCUT2D eigenvalue weighted by Gasteiger charge is -2.19. The average Bonchev–Trinajstić information content (AvgIpc) is 3.07. The van der Waals surface area contributed by atoms with Gasteiger partial charge in [-0.1, -0.05) is 6.07 Å². The number of carbonyl (C=O) groups is 1. The fourth-order valence-electron chi connectivity index (χ4n) is 2.44. The van der Waals surface area contributed by atoms with Gasteiger partial charge in [-0.3, -0.25) is 4.79 Å². The van der Waals surface area contributed by atoms with Gasteiger partial charge in [0, 0.05) is 17.1 Å². The van der Waals surface area contributed by atoms with Crippen molar-refractivity contribution in [3.8, 4) is 0 Å². The van der Waals surface area contributed by atoms with Crippen LogP contribution in [0, 0.1) is 6.92 Å². The quantitative estimate of drug-likeness (QED) is 0.931. The number of halogens is 1. The zero-order chi connectivity index (χ0) is 12.7. The molecule has 18 heavy (non-hydrogen) atoms. The molecule has 2 aliphatic rings. The lowest BCUT2D eigenvalue weighted by atomic mass is 10.2. The summed E-state index contributed by atoms with van der Waals surface area (Å²) in [6, 6.07) is 6.74. The van der Waals surface area contributed by atoms with Gasteiger partial charge in [-0.2, -0.15) is 0 Å². The molecule has 3 nitrogen and oxygen atoms in total. The van der Waals surface area contributed by atoms with Crippen LogP contribution >= 0.6 is 15.9 Å². The molecule has 1 N–H and O–H groups in total. The molecule has 1 aliphatic carbocycles. The molecule has 0 bridgehead atoms. The number of benzene rings is 1. The van der Waals surface area contributed by atoms with Crippen LogP contribution in [0.15, 0.2) is 22.7 Å². The average molecular weight is 309 g/mol. The molecule has 1 amide bonds. The number of nitrogens with one attached hydrogen (secondary N) is 1. The Morgan fingerprint density at radius 3 is 2.78 bits per heavy atom. The standard InChI is InChI=1S/C14H17BrN2O/c1-9-2-5-13(11(15)8-9)17-7-6-12(14(17)18)16-10-3-4-10/h2,5,8,10,12,16H,3-4,6-7H2,1H3. The van der Waals surface area contributed by atoms with Gasteiger partial charge >= 0.3 is 0 Å². The fourth-order valence-corrected chi connectivity index (χ4v) is 3.15. The topological polar surface area (TPSA) is 32.3 Å². The third-order valence-corrected chi connectivity index (χ3v) is 4.25. The van der Waals surface area contributed by atoms with E-state index in [0.717, 1.165) is 23.1 Å². The van der Waals surface area contributed by atoms with Crippen molar-refractivity contribution in [1.82, 2.24) is 5.32 Å². The number of amides is 1. The van der Waals surface area contributed by atoms with Crippen molar-refractivity contribution >= 4 is 27.5 Å². The molecule has 1 saturated carbocycles. The Kier molecular flexibility index (Phi) is 3.16. The van der Waals surface area contributed by atoms with E-state index in [0.29, 0.717) is 6.04 Å². The number of carbonyl (C=O) groups excluding carboxylic acids is 1. The number of hydrogen-bond donors (Lipinski definition) is 1. The predicted molar refractivity (Wildman–Crippen MR) is 75.8 cm³/mol. The second kappa shape index (κ2) is 4.67. The maximum absolute atomic E-state index is 12.3. The van der Waals surface area contributed by atoms with Gasteiger partial charge in [0.1, 0.15) is 0 Å². The summed E-state index contributed by atoms with van der Waals surface area (Å²) in [4.78, 5) is 14.2. The van der Waals surface area contributed by atoms with E-state index in [1.807, 2.05) is 11.0 Å². The number of anilines is 1. The summed E-state index contributed by atoms with van der Waals surface area (Å²) in [6.07, 6.45) is 3.35. The molecule has 0 aromatic heterocycles. The summed E-state index contributed by atoms with van der Waals surface area (Å²) < 4.78 is 1.00. The third kappa shape index (κ3) is 2.31. The van der Waals surface area contributed by atoms with E-state index in [4.69, 9.17) is 0 Å². The molecular weight excluding hydrogens is 292 g/mol. The molecule has 1 aromatic rings. The van der Waals surface area contributed by atoms with Crippen LogP contribution in [-0.2, 0) is 4.79 Å². The third-order valence-electron chi connectivity index (χ3n) is 3.61. The molecular formula is C14H17BrN2O. The van der Waals surface area contributed by atoms with Crippen molar-refractivity contribution in [2.45, 2.75) is 38.3 Å². The second-order valence-corrected chi connectivity index (χ2v) is 6.08.